The van der Waals surface area contributed by atoms with E-state index in [0.29, 0.717) is 55.6 Å². The normalized spacial score (nSPS) is 13.2. The minimum absolute atomic E-state index is 0.0737. The second-order valence-electron chi connectivity index (χ2n) is 9.25. The molecule has 1 fully saturated rings. The number of pyridine rings is 2. The molecule has 0 saturated carbocycles. The van der Waals surface area contributed by atoms with Crippen molar-refractivity contribution in [2.24, 2.45) is 5.11 Å². The fraction of sp³-hybridized carbons (Fsp3) is 0.241. The summed E-state index contributed by atoms with van der Waals surface area (Å²) in [5.41, 5.74) is 10.5. The second-order valence-corrected chi connectivity index (χ2v) is 9.25. The first-order chi connectivity index (χ1) is 19.5. The van der Waals surface area contributed by atoms with Crippen LogP contribution in [0.1, 0.15) is 22.3 Å². The van der Waals surface area contributed by atoms with Gasteiger partial charge in [0.25, 0.3) is 5.91 Å². The fourth-order valence-corrected chi connectivity index (χ4v) is 4.46. The Morgan fingerprint density at radius 1 is 1.07 bits per heavy atom. The van der Waals surface area contributed by atoms with Gasteiger partial charge in [0.2, 0.25) is 5.91 Å². The number of halogens is 1. The van der Waals surface area contributed by atoms with Crippen molar-refractivity contribution >= 4 is 34.2 Å². The van der Waals surface area contributed by atoms with E-state index in [1.165, 1.54) is 12.1 Å². The minimum Gasteiger partial charge on any atom is -0.378 e. The van der Waals surface area contributed by atoms with Crippen LogP contribution in [0, 0.1) is 11.3 Å². The zero-order valence-corrected chi connectivity index (χ0v) is 21.7. The first-order valence-electron chi connectivity index (χ1n) is 12.9. The van der Waals surface area contributed by atoms with E-state index in [9.17, 15) is 14.0 Å². The predicted octanol–water partition coefficient (Wildman–Crippen LogP) is 4.69. The van der Waals surface area contributed by atoms with E-state index < -0.39 is 11.7 Å². The van der Waals surface area contributed by atoms with Crippen LogP contribution < -0.4 is 10.6 Å². The summed E-state index contributed by atoms with van der Waals surface area (Å²) < 4.78 is 20.2. The van der Waals surface area contributed by atoms with Crippen LogP contribution in [0.2, 0.25) is 0 Å². The largest absolute Gasteiger partial charge is 0.378 e. The standard InChI is InChI=1S/C29H28FN7O3/c30-23-17-21(4-5-22(23)29(39)33-11-9-27(38)37-12-14-40-15-13-37)25-7-8-26(36-31)28(35-25)34-18-19-3-6-24-20(16-19)2-1-10-32-24/h1-8,10,16-17,31H,9,11-15,18H2,(H,33,39)(H,34,35). The Bertz CT molecular complexity index is 1560. The van der Waals surface area contributed by atoms with Gasteiger partial charge in [0.15, 0.2) is 5.82 Å². The third-order valence-electron chi connectivity index (χ3n) is 6.62. The number of fused-ring (bicyclic) bond motifs is 1. The third-order valence-corrected chi connectivity index (χ3v) is 6.62. The molecule has 10 nitrogen and oxygen atoms in total. The molecule has 0 bridgehead atoms. The van der Waals surface area contributed by atoms with Crippen LogP contribution in [0.15, 0.2) is 72.0 Å². The molecule has 2 amide bonds. The van der Waals surface area contributed by atoms with Gasteiger partial charge in [-0.15, -0.1) is 0 Å². The number of amides is 2. The zero-order valence-electron chi connectivity index (χ0n) is 21.7. The quantitative estimate of drug-likeness (QED) is 0.263. The molecule has 2 aromatic heterocycles. The fourth-order valence-electron chi connectivity index (χ4n) is 4.46. The number of carbonyl (C=O) groups is 2. The van der Waals surface area contributed by atoms with E-state index in [-0.39, 0.29) is 24.4 Å². The molecule has 5 rings (SSSR count). The summed E-state index contributed by atoms with van der Waals surface area (Å²) in [7, 11) is 0. The van der Waals surface area contributed by atoms with E-state index in [1.807, 2.05) is 30.3 Å². The van der Waals surface area contributed by atoms with Crippen molar-refractivity contribution in [1.29, 1.82) is 5.53 Å². The van der Waals surface area contributed by atoms with Gasteiger partial charge >= 0.3 is 0 Å². The van der Waals surface area contributed by atoms with Gasteiger partial charge in [0.1, 0.15) is 11.5 Å². The summed E-state index contributed by atoms with van der Waals surface area (Å²) in [6.07, 6.45) is 1.88. The topological polar surface area (TPSA) is 133 Å². The molecule has 11 heteroatoms. The summed E-state index contributed by atoms with van der Waals surface area (Å²) in [6.45, 7) is 2.62. The highest BCUT2D eigenvalue weighted by Gasteiger charge is 2.18. The molecule has 1 saturated heterocycles. The number of hydrogen-bond acceptors (Lipinski definition) is 8. The molecule has 3 heterocycles. The first-order valence-corrected chi connectivity index (χ1v) is 12.9. The average molecular weight is 542 g/mol. The van der Waals surface area contributed by atoms with Crippen molar-refractivity contribution in [2.75, 3.05) is 38.2 Å². The van der Waals surface area contributed by atoms with E-state index in [4.69, 9.17) is 10.3 Å². The van der Waals surface area contributed by atoms with Crippen molar-refractivity contribution in [3.05, 3.63) is 83.8 Å². The molecular weight excluding hydrogens is 513 g/mol. The van der Waals surface area contributed by atoms with Crippen molar-refractivity contribution < 1.29 is 18.7 Å². The molecule has 204 valence electrons. The van der Waals surface area contributed by atoms with Gasteiger partial charge in [-0.1, -0.05) is 18.2 Å². The first kappa shape index (κ1) is 26.8. The van der Waals surface area contributed by atoms with Gasteiger partial charge in [0.05, 0.1) is 30.0 Å². The second kappa shape index (κ2) is 12.4. The Labute approximate surface area is 230 Å². The number of ether oxygens (including phenoxy) is 1. The number of anilines is 1. The van der Waals surface area contributed by atoms with Gasteiger partial charge in [-0.05, 0) is 48.0 Å². The highest BCUT2D eigenvalue weighted by molar-refractivity contribution is 5.95. The zero-order chi connectivity index (χ0) is 27.9. The summed E-state index contributed by atoms with van der Waals surface area (Å²) in [5, 5.41) is 10.4. The van der Waals surface area contributed by atoms with Crippen molar-refractivity contribution in [1.82, 2.24) is 20.2 Å². The number of aromatic nitrogens is 2. The molecule has 4 aromatic rings. The molecule has 0 atom stereocenters. The summed E-state index contributed by atoms with van der Waals surface area (Å²) in [6, 6.07) is 17.3. The molecule has 0 spiro atoms. The number of nitrogens with one attached hydrogen (secondary N) is 3. The number of rotatable bonds is 9. The lowest BCUT2D eigenvalue weighted by molar-refractivity contribution is -0.135. The maximum absolute atomic E-state index is 15.0. The maximum Gasteiger partial charge on any atom is 0.254 e. The lowest BCUT2D eigenvalue weighted by Gasteiger charge is -2.26. The van der Waals surface area contributed by atoms with Gasteiger partial charge < -0.3 is 20.3 Å². The molecule has 0 radical (unpaired) electrons. The number of hydrogen-bond donors (Lipinski definition) is 3. The highest BCUT2D eigenvalue weighted by Crippen LogP contribution is 2.29. The van der Waals surface area contributed by atoms with Gasteiger partial charge in [-0.3, -0.25) is 14.6 Å². The van der Waals surface area contributed by atoms with Crippen LogP contribution in [0.4, 0.5) is 15.9 Å². The minimum atomic E-state index is -0.704. The number of morpholine rings is 1. The Hall–Kier alpha value is -4.77. The van der Waals surface area contributed by atoms with Crippen LogP contribution in [-0.4, -0.2) is 59.5 Å². The number of nitrogens with zero attached hydrogens (tertiary/aromatic N) is 4. The highest BCUT2D eigenvalue weighted by atomic mass is 19.1. The van der Waals surface area contributed by atoms with Gasteiger partial charge in [-0.25, -0.2) is 14.9 Å². The van der Waals surface area contributed by atoms with Crippen LogP contribution in [-0.2, 0) is 16.1 Å². The van der Waals surface area contributed by atoms with E-state index in [2.05, 4.69) is 25.7 Å². The predicted molar refractivity (Wildman–Crippen MR) is 148 cm³/mol. The van der Waals surface area contributed by atoms with Gasteiger partial charge in [-0.2, -0.15) is 5.11 Å². The van der Waals surface area contributed by atoms with Crippen LogP contribution in [0.25, 0.3) is 22.2 Å². The van der Waals surface area contributed by atoms with Crippen LogP contribution >= 0.6 is 0 Å². The summed E-state index contributed by atoms with van der Waals surface area (Å²) >= 11 is 0. The Morgan fingerprint density at radius 3 is 2.73 bits per heavy atom. The summed E-state index contributed by atoms with van der Waals surface area (Å²) in [5.74, 6) is -0.991. The Morgan fingerprint density at radius 2 is 1.93 bits per heavy atom. The Kier molecular flexibility index (Phi) is 8.31. The molecule has 40 heavy (non-hydrogen) atoms. The van der Waals surface area contributed by atoms with Crippen molar-refractivity contribution in [3.63, 3.8) is 0 Å². The molecule has 1 aliphatic heterocycles. The summed E-state index contributed by atoms with van der Waals surface area (Å²) in [4.78, 5) is 35.4. The molecule has 2 aromatic carbocycles. The van der Waals surface area contributed by atoms with E-state index in [0.717, 1.165) is 16.5 Å². The van der Waals surface area contributed by atoms with E-state index in [1.54, 1.807) is 29.3 Å². The number of carbonyl (C=O) groups excluding carboxylic acids is 2. The molecule has 0 aliphatic carbocycles. The monoisotopic (exact) mass is 541 g/mol. The SMILES string of the molecule is N=Nc1ccc(-c2ccc(C(=O)NCCC(=O)N3CCOCC3)c(F)c2)nc1NCc1ccc2ncccc2c1. The smallest absolute Gasteiger partial charge is 0.254 e. The van der Waals surface area contributed by atoms with Crippen LogP contribution in [0.3, 0.4) is 0 Å². The van der Waals surface area contributed by atoms with E-state index >= 15 is 0 Å². The van der Waals surface area contributed by atoms with Crippen molar-refractivity contribution in [3.8, 4) is 11.3 Å². The Balaban J connectivity index is 1.24. The molecule has 0 unspecified atom stereocenters. The van der Waals surface area contributed by atoms with Crippen LogP contribution in [0.5, 0.6) is 0 Å². The molecule has 1 aliphatic rings. The maximum atomic E-state index is 15.0. The average Bonchev–Trinajstić information content (AvgIpc) is 3.00. The lowest BCUT2D eigenvalue weighted by Crippen LogP contribution is -2.42. The van der Waals surface area contributed by atoms with Crippen molar-refractivity contribution in [2.45, 2.75) is 13.0 Å². The third kappa shape index (κ3) is 6.26. The molecular formula is C29H28FN7O3. The molecule has 3 N–H and O–H groups in total. The number of benzene rings is 2. The lowest BCUT2D eigenvalue weighted by atomic mass is 10.1. The van der Waals surface area contributed by atoms with Gasteiger partial charge in [0, 0.05) is 49.7 Å².